The SMILES string of the molecule is Clc1ccc2oc3nc4ccccc4nc3c2c1.O=CO[O-].Oc1ccc(Cl)cc1-c1nc2ccccc2nc1Cl.[H-].[K+].[K+]. The average Bonchev–Trinajstić information content (AvgIpc) is 3.33. The molecule has 0 saturated carbocycles. The predicted octanol–water partition coefficient (Wildman–Crippen LogP) is 1.05. The number of rotatable bonds is 2. The Hall–Kier alpha value is -1.27. The minimum Gasteiger partial charge on any atom is -1.00 e. The number of phenols is 1. The quantitative estimate of drug-likeness (QED) is 0.123. The summed E-state index contributed by atoms with van der Waals surface area (Å²) in [7, 11) is 0. The Morgan fingerprint density at radius 2 is 1.30 bits per heavy atom. The number of aromatic hydroxyl groups is 1. The maximum absolute atomic E-state index is 9.90. The van der Waals surface area contributed by atoms with Crippen LogP contribution in [-0.2, 0) is 9.68 Å². The molecular weight excluding hydrogens is 669 g/mol. The van der Waals surface area contributed by atoms with Gasteiger partial charge in [-0.3, -0.25) is 4.79 Å². The summed E-state index contributed by atoms with van der Waals surface area (Å²) in [5.74, 6) is 0.0656. The second kappa shape index (κ2) is 16.9. The Morgan fingerprint density at radius 3 is 1.93 bits per heavy atom. The number of hydrogen-bond acceptors (Lipinski definition) is 9. The van der Waals surface area contributed by atoms with Crippen molar-refractivity contribution in [3.05, 3.63) is 100 Å². The van der Waals surface area contributed by atoms with E-state index in [0.29, 0.717) is 38.0 Å². The number of aromatic nitrogens is 4. The third-order valence-electron chi connectivity index (χ3n) is 5.72. The summed E-state index contributed by atoms with van der Waals surface area (Å²) in [6.45, 7) is -0.181. The number of fused-ring (bicyclic) bond motifs is 5. The van der Waals surface area contributed by atoms with Gasteiger partial charge in [0.1, 0.15) is 22.5 Å². The molecule has 0 radical (unpaired) electrons. The molecule has 0 bridgehead atoms. The van der Waals surface area contributed by atoms with Gasteiger partial charge in [0.15, 0.2) is 5.15 Å². The van der Waals surface area contributed by atoms with Crippen LogP contribution in [0.5, 0.6) is 5.75 Å². The summed E-state index contributed by atoms with van der Waals surface area (Å²) in [5, 5.41) is 20.6. The van der Waals surface area contributed by atoms with Crippen molar-refractivity contribution >= 4 is 85.5 Å². The van der Waals surface area contributed by atoms with Crippen molar-refractivity contribution in [1.82, 2.24) is 19.9 Å². The van der Waals surface area contributed by atoms with Crippen LogP contribution in [0, 0.1) is 0 Å². The summed E-state index contributed by atoms with van der Waals surface area (Å²) in [6, 6.07) is 25.3. The third-order valence-corrected chi connectivity index (χ3v) is 6.46. The van der Waals surface area contributed by atoms with Crippen LogP contribution in [-0.4, -0.2) is 31.5 Å². The average molecular weight is 686 g/mol. The van der Waals surface area contributed by atoms with E-state index in [2.05, 4.69) is 24.8 Å². The molecule has 0 atom stereocenters. The fraction of sp³-hybridized carbons (Fsp3) is 0. The second-order valence-electron chi connectivity index (χ2n) is 8.31. The summed E-state index contributed by atoms with van der Waals surface area (Å²) in [5.41, 5.74) is 6.04. The molecule has 0 fully saturated rings. The van der Waals surface area contributed by atoms with Crippen molar-refractivity contribution in [2.75, 3.05) is 0 Å². The zero-order valence-corrected chi connectivity index (χ0v) is 31.2. The first-order chi connectivity index (χ1) is 19.9. The van der Waals surface area contributed by atoms with E-state index in [1.54, 1.807) is 18.2 Å². The number of furan rings is 1. The van der Waals surface area contributed by atoms with Crippen molar-refractivity contribution in [1.29, 1.82) is 0 Å². The van der Waals surface area contributed by atoms with Gasteiger partial charge in [0, 0.05) is 15.6 Å². The van der Waals surface area contributed by atoms with Gasteiger partial charge in [-0.1, -0.05) is 59.1 Å². The van der Waals surface area contributed by atoms with Gasteiger partial charge in [-0.2, -0.15) is 0 Å². The number of nitrogens with zero attached hydrogens (tertiary/aromatic N) is 4. The van der Waals surface area contributed by atoms with Crippen LogP contribution in [0.3, 0.4) is 0 Å². The monoisotopic (exact) mass is 684 g/mol. The molecule has 0 unspecified atom stereocenters. The fourth-order valence-corrected chi connectivity index (χ4v) is 4.54. The molecule has 7 aromatic rings. The number of hydrogen-bond donors (Lipinski definition) is 1. The van der Waals surface area contributed by atoms with E-state index in [-0.39, 0.29) is 122 Å². The first-order valence-electron chi connectivity index (χ1n) is 11.8. The van der Waals surface area contributed by atoms with Gasteiger partial charge in [0.05, 0.1) is 27.5 Å². The van der Waals surface area contributed by atoms with Gasteiger partial charge in [0.25, 0.3) is 6.47 Å². The van der Waals surface area contributed by atoms with E-state index in [4.69, 9.17) is 49.3 Å². The van der Waals surface area contributed by atoms with E-state index >= 15 is 0 Å². The van der Waals surface area contributed by atoms with Crippen LogP contribution in [0.2, 0.25) is 15.2 Å². The number of phenolic OH excluding ortho intramolecular Hbond substituents is 1. The number of benzene rings is 4. The van der Waals surface area contributed by atoms with E-state index in [9.17, 15) is 5.11 Å². The molecule has 43 heavy (non-hydrogen) atoms. The predicted molar refractivity (Wildman–Crippen MR) is 157 cm³/mol. The maximum atomic E-state index is 9.90. The van der Waals surface area contributed by atoms with E-state index in [0.717, 1.165) is 27.5 Å². The molecule has 3 aromatic heterocycles. The summed E-state index contributed by atoms with van der Waals surface area (Å²) in [4.78, 5) is 29.0. The molecule has 0 aliphatic carbocycles. The topological polar surface area (TPSA) is 134 Å². The minimum atomic E-state index is -0.181. The molecule has 3 heterocycles. The van der Waals surface area contributed by atoms with E-state index in [1.165, 1.54) is 6.07 Å². The molecule has 0 aliphatic heterocycles. The summed E-state index contributed by atoms with van der Waals surface area (Å²) < 4.78 is 5.68. The van der Waals surface area contributed by atoms with Crippen LogP contribution in [0.4, 0.5) is 0 Å². The smallest absolute Gasteiger partial charge is 1.00 e. The van der Waals surface area contributed by atoms with Crippen molar-refractivity contribution in [2.24, 2.45) is 0 Å². The van der Waals surface area contributed by atoms with Crippen LogP contribution in [0.1, 0.15) is 1.43 Å². The zero-order valence-electron chi connectivity index (χ0n) is 23.7. The normalized spacial score (nSPS) is 10.1. The van der Waals surface area contributed by atoms with Crippen LogP contribution < -0.4 is 108 Å². The molecular formula is C29H17Cl3K2N4O5. The van der Waals surface area contributed by atoms with Gasteiger partial charge in [-0.15, -0.1) is 0 Å². The Bertz CT molecular complexity index is 2050. The molecule has 0 spiro atoms. The molecule has 4 aromatic carbocycles. The van der Waals surface area contributed by atoms with E-state index in [1.807, 2.05) is 60.7 Å². The van der Waals surface area contributed by atoms with Crippen molar-refractivity contribution in [3.8, 4) is 17.0 Å². The van der Waals surface area contributed by atoms with Crippen molar-refractivity contribution in [3.63, 3.8) is 0 Å². The Balaban J connectivity index is 0.000000258. The Morgan fingerprint density at radius 1 is 0.767 bits per heavy atom. The van der Waals surface area contributed by atoms with Gasteiger partial charge >= 0.3 is 103 Å². The summed E-state index contributed by atoms with van der Waals surface area (Å²) >= 11 is 18.1. The Kier molecular flexibility index (Phi) is 14.2. The number of para-hydroxylation sites is 4. The third kappa shape index (κ3) is 8.72. The second-order valence-corrected chi connectivity index (χ2v) is 9.55. The molecule has 7 rings (SSSR count). The van der Waals surface area contributed by atoms with E-state index < -0.39 is 0 Å². The number of carbonyl (C=O) groups excluding carboxylic acids is 1. The van der Waals surface area contributed by atoms with Crippen LogP contribution in [0.25, 0.3) is 55.5 Å². The zero-order chi connectivity index (χ0) is 28.9. The fourth-order valence-electron chi connectivity index (χ4n) is 3.96. The van der Waals surface area contributed by atoms with Crippen LogP contribution >= 0.6 is 34.8 Å². The maximum Gasteiger partial charge on any atom is 1.00 e. The number of halogens is 3. The summed E-state index contributed by atoms with van der Waals surface area (Å²) in [6.07, 6.45) is 0. The Labute approximate surface area is 345 Å². The molecule has 9 nitrogen and oxygen atoms in total. The first-order valence-corrected chi connectivity index (χ1v) is 12.9. The molecule has 206 valence electrons. The van der Waals surface area contributed by atoms with Gasteiger partial charge in [-0.25, -0.2) is 19.9 Å². The van der Waals surface area contributed by atoms with Crippen molar-refractivity contribution < 1.29 is 129 Å². The van der Waals surface area contributed by atoms with Gasteiger partial charge in [-0.05, 0) is 60.7 Å². The first kappa shape index (κ1) is 36.2. The minimum absolute atomic E-state index is 0. The van der Waals surface area contributed by atoms with Crippen molar-refractivity contribution in [2.45, 2.75) is 0 Å². The molecule has 0 amide bonds. The molecule has 14 heteroatoms. The molecule has 1 N–H and O–H groups in total. The number of carbonyl (C=O) groups is 1. The standard InChI is InChI=1S/C14H8Cl2N2O.C14H7ClN2O.CH2O3.2K.H/c15-8-5-6-12(19)9(7-8)13-14(16)18-11-4-2-1-3-10(11)17-13;15-8-5-6-12-9(7-8)13-14(18-12)17-11-4-2-1-3-10(11)16-13;2-1-4-3;;;/h1-7,19H;1-7H;1,3H;;;/q;;;2*+1;-1/p-1. The van der Waals surface area contributed by atoms with Crippen LogP contribution in [0.15, 0.2) is 89.3 Å². The van der Waals surface area contributed by atoms with Gasteiger partial charge < -0.3 is 21.1 Å². The molecule has 0 saturated heterocycles. The largest absolute Gasteiger partial charge is 1.00 e. The molecule has 0 aliphatic rings. The van der Waals surface area contributed by atoms with Gasteiger partial charge in [0.2, 0.25) is 5.71 Å².